The number of rotatable bonds is 9. The van der Waals surface area contributed by atoms with Gasteiger partial charge in [-0.15, -0.1) is 11.3 Å². The van der Waals surface area contributed by atoms with Crippen LogP contribution in [0.4, 0.5) is 0 Å². The van der Waals surface area contributed by atoms with Gasteiger partial charge in [-0.05, 0) is 18.2 Å². The number of hydrogen-bond acceptors (Lipinski definition) is 5. The Bertz CT molecular complexity index is 342. The largest absolute Gasteiger partial charge is 0.396 e. The highest BCUT2D eigenvalue weighted by atomic mass is 32.2. The molecule has 6 heteroatoms. The van der Waals surface area contributed by atoms with E-state index in [0.717, 1.165) is 35.9 Å². The second-order valence-electron chi connectivity index (χ2n) is 3.53. The molecule has 0 radical (unpaired) electrons. The molecule has 1 heterocycles. The van der Waals surface area contributed by atoms with Crippen molar-refractivity contribution in [1.82, 2.24) is 5.32 Å². The van der Waals surface area contributed by atoms with E-state index in [1.54, 1.807) is 16.7 Å². The lowest BCUT2D eigenvalue weighted by Crippen LogP contribution is -2.16. The van der Waals surface area contributed by atoms with Gasteiger partial charge in [-0.3, -0.25) is 4.79 Å². The second kappa shape index (κ2) is 8.52. The minimum Gasteiger partial charge on any atom is -0.396 e. The van der Waals surface area contributed by atoms with E-state index in [9.17, 15) is 4.79 Å². The van der Waals surface area contributed by atoms with Gasteiger partial charge in [0.2, 0.25) is 5.91 Å². The van der Waals surface area contributed by atoms with E-state index < -0.39 is 0 Å². The van der Waals surface area contributed by atoms with E-state index in [2.05, 4.69) is 5.32 Å². The number of aliphatic hydroxyl groups is 1. The van der Waals surface area contributed by atoms with Crippen LogP contribution in [0.2, 0.25) is 0 Å². The Morgan fingerprint density at radius 2 is 2.35 bits per heavy atom. The Morgan fingerprint density at radius 3 is 3.00 bits per heavy atom. The van der Waals surface area contributed by atoms with Gasteiger partial charge in [-0.25, -0.2) is 0 Å². The van der Waals surface area contributed by atoms with E-state index in [1.165, 1.54) is 0 Å². The van der Waals surface area contributed by atoms with Crippen LogP contribution in [0, 0.1) is 0 Å². The lowest BCUT2D eigenvalue weighted by molar-refractivity contribution is 0.100. The van der Waals surface area contributed by atoms with Gasteiger partial charge in [0, 0.05) is 35.7 Å². The van der Waals surface area contributed by atoms with Crippen molar-refractivity contribution in [2.45, 2.75) is 13.0 Å². The molecule has 1 rings (SSSR count). The minimum absolute atomic E-state index is 0.269. The first-order valence-corrected chi connectivity index (χ1v) is 7.54. The number of aliphatic hydroxyl groups excluding tert-OH is 1. The summed E-state index contributed by atoms with van der Waals surface area (Å²) in [5.74, 6) is 1.67. The summed E-state index contributed by atoms with van der Waals surface area (Å²) < 4.78 is 0. The molecule has 1 aromatic rings. The Labute approximate surface area is 110 Å². The van der Waals surface area contributed by atoms with Crippen LogP contribution in [-0.2, 0) is 6.54 Å². The van der Waals surface area contributed by atoms with Gasteiger partial charge < -0.3 is 16.2 Å². The molecule has 0 saturated heterocycles. The number of carbonyl (C=O) groups is 1. The Balaban J connectivity index is 2.07. The Hall–Kier alpha value is -0.560. The van der Waals surface area contributed by atoms with Crippen molar-refractivity contribution in [2.24, 2.45) is 5.73 Å². The van der Waals surface area contributed by atoms with E-state index in [1.807, 2.05) is 17.8 Å². The standard InChI is InChI=1S/C11H18N2O2S2/c12-11(15)9-6-10(17-8-9)7-13-2-5-16-4-1-3-14/h6,8,13-14H,1-5,7H2,(H2,12,15). The zero-order valence-corrected chi connectivity index (χ0v) is 11.3. The van der Waals surface area contributed by atoms with Crippen LogP contribution >= 0.6 is 23.1 Å². The summed E-state index contributed by atoms with van der Waals surface area (Å²) in [6, 6.07) is 1.83. The predicted molar refractivity (Wildman–Crippen MR) is 73.6 cm³/mol. The van der Waals surface area contributed by atoms with Crippen molar-refractivity contribution in [1.29, 1.82) is 0 Å². The van der Waals surface area contributed by atoms with Gasteiger partial charge >= 0.3 is 0 Å². The molecule has 1 aromatic heterocycles. The highest BCUT2D eigenvalue weighted by molar-refractivity contribution is 7.99. The average molecular weight is 274 g/mol. The van der Waals surface area contributed by atoms with Gasteiger partial charge in [0.25, 0.3) is 0 Å². The van der Waals surface area contributed by atoms with Crippen LogP contribution in [0.25, 0.3) is 0 Å². The van der Waals surface area contributed by atoms with Crippen molar-refractivity contribution >= 4 is 29.0 Å². The van der Waals surface area contributed by atoms with Gasteiger partial charge in [0.05, 0.1) is 5.56 Å². The molecular weight excluding hydrogens is 256 g/mol. The smallest absolute Gasteiger partial charge is 0.249 e. The van der Waals surface area contributed by atoms with Crippen molar-refractivity contribution < 1.29 is 9.90 Å². The molecule has 0 bridgehead atoms. The summed E-state index contributed by atoms with van der Waals surface area (Å²) in [4.78, 5) is 12.0. The highest BCUT2D eigenvalue weighted by Gasteiger charge is 2.03. The molecule has 0 spiro atoms. The van der Waals surface area contributed by atoms with Crippen molar-refractivity contribution in [3.05, 3.63) is 21.9 Å². The second-order valence-corrected chi connectivity index (χ2v) is 5.75. The molecule has 96 valence electrons. The van der Waals surface area contributed by atoms with Crippen LogP contribution < -0.4 is 11.1 Å². The number of hydrogen-bond donors (Lipinski definition) is 3. The fourth-order valence-electron chi connectivity index (χ4n) is 1.23. The van der Waals surface area contributed by atoms with E-state index >= 15 is 0 Å². The number of nitrogens with two attached hydrogens (primary N) is 1. The summed E-state index contributed by atoms with van der Waals surface area (Å²) in [5, 5.41) is 13.7. The summed E-state index contributed by atoms with van der Waals surface area (Å²) in [5.41, 5.74) is 5.76. The summed E-state index contributed by atoms with van der Waals surface area (Å²) >= 11 is 3.38. The van der Waals surface area contributed by atoms with E-state index in [4.69, 9.17) is 10.8 Å². The Kier molecular flexibility index (Phi) is 7.27. The molecule has 0 fully saturated rings. The maximum absolute atomic E-state index is 10.9. The lowest BCUT2D eigenvalue weighted by atomic mass is 10.3. The maximum Gasteiger partial charge on any atom is 0.249 e. The Morgan fingerprint density at radius 1 is 1.53 bits per heavy atom. The molecule has 0 aliphatic rings. The summed E-state index contributed by atoms with van der Waals surface area (Å²) in [7, 11) is 0. The summed E-state index contributed by atoms with van der Waals surface area (Å²) in [6.07, 6.45) is 0.859. The molecule has 0 aliphatic carbocycles. The fourth-order valence-corrected chi connectivity index (χ4v) is 2.90. The summed E-state index contributed by atoms with van der Waals surface area (Å²) in [6.45, 7) is 1.98. The van der Waals surface area contributed by atoms with Crippen molar-refractivity contribution in [2.75, 3.05) is 24.7 Å². The van der Waals surface area contributed by atoms with Gasteiger partial charge in [0.1, 0.15) is 0 Å². The lowest BCUT2D eigenvalue weighted by Gasteiger charge is -2.02. The third kappa shape index (κ3) is 6.07. The first-order chi connectivity index (χ1) is 8.24. The third-order valence-corrected chi connectivity index (χ3v) is 4.11. The van der Waals surface area contributed by atoms with E-state index in [0.29, 0.717) is 5.56 Å². The molecule has 1 amide bonds. The van der Waals surface area contributed by atoms with E-state index in [-0.39, 0.29) is 12.5 Å². The first kappa shape index (κ1) is 14.5. The van der Waals surface area contributed by atoms with Crippen LogP contribution in [0.1, 0.15) is 21.7 Å². The number of carbonyl (C=O) groups excluding carboxylic acids is 1. The fraction of sp³-hybridized carbons (Fsp3) is 0.545. The van der Waals surface area contributed by atoms with Crippen LogP contribution in [0.3, 0.4) is 0 Å². The molecular formula is C11H18N2O2S2. The van der Waals surface area contributed by atoms with Gasteiger partial charge in [-0.2, -0.15) is 11.8 Å². The quantitative estimate of drug-likeness (QED) is 0.588. The normalized spacial score (nSPS) is 10.6. The monoisotopic (exact) mass is 274 g/mol. The zero-order valence-electron chi connectivity index (χ0n) is 9.65. The minimum atomic E-state index is -0.368. The average Bonchev–Trinajstić information content (AvgIpc) is 2.77. The van der Waals surface area contributed by atoms with Crippen molar-refractivity contribution in [3.8, 4) is 0 Å². The van der Waals surface area contributed by atoms with Gasteiger partial charge in [-0.1, -0.05) is 0 Å². The topological polar surface area (TPSA) is 75.4 Å². The molecule has 0 aliphatic heterocycles. The molecule has 0 unspecified atom stereocenters. The number of nitrogens with one attached hydrogen (secondary N) is 1. The third-order valence-electron chi connectivity index (χ3n) is 2.11. The van der Waals surface area contributed by atoms with Crippen LogP contribution in [0.15, 0.2) is 11.4 Å². The number of amides is 1. The number of thiophene rings is 1. The molecule has 0 saturated carbocycles. The maximum atomic E-state index is 10.9. The molecule has 0 atom stereocenters. The highest BCUT2D eigenvalue weighted by Crippen LogP contribution is 2.13. The number of primary amides is 1. The predicted octanol–water partition coefficient (Wildman–Crippen LogP) is 1.05. The molecule has 17 heavy (non-hydrogen) atoms. The van der Waals surface area contributed by atoms with Crippen LogP contribution in [0.5, 0.6) is 0 Å². The van der Waals surface area contributed by atoms with Crippen molar-refractivity contribution in [3.63, 3.8) is 0 Å². The SMILES string of the molecule is NC(=O)c1csc(CNCCSCCCO)c1. The molecule has 4 N–H and O–H groups in total. The zero-order chi connectivity index (χ0) is 12.5. The first-order valence-electron chi connectivity index (χ1n) is 5.50. The number of thioether (sulfide) groups is 1. The molecule has 4 nitrogen and oxygen atoms in total. The van der Waals surface area contributed by atoms with Crippen LogP contribution in [-0.4, -0.2) is 35.7 Å². The van der Waals surface area contributed by atoms with Gasteiger partial charge in [0.15, 0.2) is 0 Å². The molecule has 0 aromatic carbocycles.